The van der Waals surface area contributed by atoms with Gasteiger partial charge < -0.3 is 24.8 Å². The second-order valence-electron chi connectivity index (χ2n) is 7.03. The van der Waals surface area contributed by atoms with Crippen LogP contribution in [0.15, 0.2) is 0 Å². The zero-order chi connectivity index (χ0) is 17.6. The Hall–Kier alpha value is -0.200. The Labute approximate surface area is 147 Å². The molecule has 0 radical (unpaired) electrons. The van der Waals surface area contributed by atoms with Crippen LogP contribution in [0.1, 0.15) is 77.6 Å². The van der Waals surface area contributed by atoms with Gasteiger partial charge in [0, 0.05) is 6.61 Å². The van der Waals surface area contributed by atoms with Crippen LogP contribution in [0, 0.1) is 0 Å². The lowest BCUT2D eigenvalue weighted by atomic mass is 10.1. The molecule has 0 bridgehead atoms. The molecule has 0 saturated carbocycles. The van der Waals surface area contributed by atoms with Gasteiger partial charge in [-0.2, -0.15) is 0 Å². The average molecular weight is 347 g/mol. The van der Waals surface area contributed by atoms with Gasteiger partial charge in [-0.25, -0.2) is 0 Å². The molecule has 1 rings (SSSR count). The summed E-state index contributed by atoms with van der Waals surface area (Å²) in [5.74, 6) is 0. The topological polar surface area (TPSA) is 79.2 Å². The Morgan fingerprint density at radius 1 is 0.917 bits per heavy atom. The Morgan fingerprint density at radius 3 is 1.96 bits per heavy atom. The molecule has 0 spiro atoms. The van der Waals surface area contributed by atoms with E-state index in [9.17, 15) is 15.3 Å². The Kier molecular flexibility index (Phi) is 12.8. The number of ether oxygens (including phenoxy) is 2. The van der Waals surface area contributed by atoms with E-state index in [-0.39, 0.29) is 13.2 Å². The normalized spacial score (nSPS) is 25.2. The minimum Gasteiger partial charge on any atom is -0.388 e. The molecular weight excluding hydrogens is 308 g/mol. The lowest BCUT2D eigenvalue weighted by Crippen LogP contribution is -2.40. The smallest absolute Gasteiger partial charge is 0.114 e. The van der Waals surface area contributed by atoms with Gasteiger partial charge in [0.1, 0.15) is 24.4 Å². The maximum absolute atomic E-state index is 9.89. The largest absolute Gasteiger partial charge is 0.388 e. The molecule has 0 unspecified atom stereocenters. The van der Waals surface area contributed by atoms with Gasteiger partial charge in [-0.15, -0.1) is 0 Å². The fourth-order valence-corrected chi connectivity index (χ4v) is 3.13. The highest BCUT2D eigenvalue weighted by molar-refractivity contribution is 4.87. The van der Waals surface area contributed by atoms with Crippen molar-refractivity contribution in [2.24, 2.45) is 0 Å². The molecule has 4 atom stereocenters. The van der Waals surface area contributed by atoms with Crippen molar-refractivity contribution in [3.05, 3.63) is 0 Å². The minimum absolute atomic E-state index is 0.0709. The van der Waals surface area contributed by atoms with Crippen molar-refractivity contribution in [3.8, 4) is 0 Å². The van der Waals surface area contributed by atoms with E-state index in [1.165, 1.54) is 57.8 Å². The highest BCUT2D eigenvalue weighted by Gasteiger charge is 2.39. The average Bonchev–Trinajstić information content (AvgIpc) is 2.91. The summed E-state index contributed by atoms with van der Waals surface area (Å²) in [4.78, 5) is 0. The van der Waals surface area contributed by atoms with Crippen LogP contribution in [0.4, 0.5) is 0 Å². The summed E-state index contributed by atoms with van der Waals surface area (Å²) in [6.45, 7) is 3.09. The first-order valence-electron chi connectivity index (χ1n) is 9.90. The van der Waals surface area contributed by atoms with E-state index >= 15 is 0 Å². The summed E-state index contributed by atoms with van der Waals surface area (Å²) in [5, 5.41) is 28.9. The second kappa shape index (κ2) is 14.0. The molecule has 0 amide bonds. The third-order valence-electron chi connectivity index (χ3n) is 4.75. The van der Waals surface area contributed by atoms with Gasteiger partial charge in [0.05, 0.1) is 13.2 Å². The predicted molar refractivity (Wildman–Crippen MR) is 95.0 cm³/mol. The molecule has 0 aliphatic carbocycles. The fraction of sp³-hybridized carbons (Fsp3) is 1.00. The second-order valence-corrected chi connectivity index (χ2v) is 7.03. The van der Waals surface area contributed by atoms with Gasteiger partial charge >= 0.3 is 0 Å². The first kappa shape index (κ1) is 21.8. The zero-order valence-corrected chi connectivity index (χ0v) is 15.4. The molecule has 0 aromatic carbocycles. The molecule has 1 heterocycles. The van der Waals surface area contributed by atoms with Crippen molar-refractivity contribution in [1.29, 1.82) is 0 Å². The minimum atomic E-state index is -1.02. The summed E-state index contributed by atoms with van der Waals surface area (Å²) in [6.07, 6.45) is 10.7. The molecule has 24 heavy (non-hydrogen) atoms. The van der Waals surface area contributed by atoms with E-state index in [0.29, 0.717) is 6.61 Å². The number of aliphatic hydroxyl groups excluding tert-OH is 3. The molecule has 5 heteroatoms. The van der Waals surface area contributed by atoms with Gasteiger partial charge in [0.25, 0.3) is 0 Å². The lowest BCUT2D eigenvalue weighted by Gasteiger charge is -2.20. The van der Waals surface area contributed by atoms with Gasteiger partial charge in [0.2, 0.25) is 0 Å². The fourth-order valence-electron chi connectivity index (χ4n) is 3.13. The Balaban J connectivity index is 1.82. The van der Waals surface area contributed by atoms with Crippen molar-refractivity contribution in [3.63, 3.8) is 0 Å². The van der Waals surface area contributed by atoms with Crippen LogP contribution in [-0.2, 0) is 9.47 Å². The van der Waals surface area contributed by atoms with E-state index in [4.69, 9.17) is 9.47 Å². The van der Waals surface area contributed by atoms with Crippen molar-refractivity contribution < 1.29 is 24.8 Å². The van der Waals surface area contributed by atoms with Gasteiger partial charge in [0.15, 0.2) is 0 Å². The van der Waals surface area contributed by atoms with Gasteiger partial charge in [-0.3, -0.25) is 0 Å². The number of rotatable bonds is 15. The van der Waals surface area contributed by atoms with E-state index < -0.39 is 24.4 Å². The maximum atomic E-state index is 9.89. The molecule has 1 aliphatic heterocycles. The first-order chi connectivity index (χ1) is 11.7. The van der Waals surface area contributed by atoms with E-state index in [1.54, 1.807) is 0 Å². The summed E-state index contributed by atoms with van der Waals surface area (Å²) in [7, 11) is 0. The molecule has 3 N–H and O–H groups in total. The Bertz CT molecular complexity index is 287. The SMILES string of the molecule is CCCCCCCCCCCCCOC[C@@H](O)[C@H]1OC[C@H](O)[C@H]1O. The Morgan fingerprint density at radius 2 is 1.46 bits per heavy atom. The van der Waals surface area contributed by atoms with Crippen LogP contribution in [0.3, 0.4) is 0 Å². The van der Waals surface area contributed by atoms with E-state index in [2.05, 4.69) is 6.92 Å². The molecule has 144 valence electrons. The van der Waals surface area contributed by atoms with Crippen molar-refractivity contribution >= 4 is 0 Å². The zero-order valence-electron chi connectivity index (χ0n) is 15.4. The van der Waals surface area contributed by atoms with Crippen molar-refractivity contribution in [2.45, 2.75) is 102 Å². The van der Waals surface area contributed by atoms with Gasteiger partial charge in [-0.1, -0.05) is 71.1 Å². The molecule has 0 aromatic rings. The van der Waals surface area contributed by atoms with Crippen LogP contribution >= 0.6 is 0 Å². The van der Waals surface area contributed by atoms with Crippen LogP contribution in [-0.4, -0.2) is 59.6 Å². The van der Waals surface area contributed by atoms with Gasteiger partial charge in [-0.05, 0) is 6.42 Å². The number of hydrogen-bond donors (Lipinski definition) is 3. The number of hydrogen-bond acceptors (Lipinski definition) is 5. The van der Waals surface area contributed by atoms with Crippen LogP contribution in [0.2, 0.25) is 0 Å². The number of unbranched alkanes of at least 4 members (excludes halogenated alkanes) is 10. The summed E-state index contributed by atoms with van der Waals surface area (Å²) in [6, 6.07) is 0. The predicted octanol–water partition coefficient (Wildman–Crippen LogP) is 2.80. The van der Waals surface area contributed by atoms with E-state index in [1.807, 2.05) is 0 Å². The number of aliphatic hydroxyl groups is 3. The highest BCUT2D eigenvalue weighted by Crippen LogP contribution is 2.18. The van der Waals surface area contributed by atoms with Crippen LogP contribution < -0.4 is 0 Å². The van der Waals surface area contributed by atoms with Crippen LogP contribution in [0.5, 0.6) is 0 Å². The monoisotopic (exact) mass is 346 g/mol. The third-order valence-corrected chi connectivity index (χ3v) is 4.75. The standard InChI is InChI=1S/C19H38O5/c1-2-3-4-5-6-7-8-9-10-11-12-13-23-14-17(21)19-18(22)16(20)15-24-19/h16-22H,2-15H2,1H3/t16-,17+,18+,19+/m0/s1. The molecule has 0 aromatic heterocycles. The van der Waals surface area contributed by atoms with Crippen LogP contribution in [0.25, 0.3) is 0 Å². The molecular formula is C19H38O5. The summed E-state index contributed by atoms with van der Waals surface area (Å²) >= 11 is 0. The first-order valence-corrected chi connectivity index (χ1v) is 9.90. The lowest BCUT2D eigenvalue weighted by molar-refractivity contribution is -0.0813. The van der Waals surface area contributed by atoms with E-state index in [0.717, 1.165) is 12.8 Å². The summed E-state index contributed by atoms with van der Waals surface area (Å²) < 4.78 is 10.6. The van der Waals surface area contributed by atoms with Crippen molar-refractivity contribution in [2.75, 3.05) is 19.8 Å². The molecule has 5 nitrogen and oxygen atoms in total. The molecule has 1 saturated heterocycles. The third kappa shape index (κ3) is 9.33. The maximum Gasteiger partial charge on any atom is 0.114 e. The molecule has 1 aliphatic rings. The quantitative estimate of drug-likeness (QED) is 0.397. The highest BCUT2D eigenvalue weighted by atomic mass is 16.5. The van der Waals surface area contributed by atoms with Crippen molar-refractivity contribution in [1.82, 2.24) is 0 Å². The molecule has 1 fully saturated rings. The summed E-state index contributed by atoms with van der Waals surface area (Å²) in [5.41, 5.74) is 0.